The molecule has 2 fully saturated rings. The predicted molar refractivity (Wildman–Crippen MR) is 174 cm³/mol. The highest BCUT2D eigenvalue weighted by Crippen LogP contribution is 2.43. The van der Waals surface area contributed by atoms with Crippen LogP contribution < -0.4 is 10.7 Å². The topological polar surface area (TPSA) is 115 Å². The van der Waals surface area contributed by atoms with Crippen molar-refractivity contribution in [3.63, 3.8) is 0 Å². The summed E-state index contributed by atoms with van der Waals surface area (Å²) in [5, 5.41) is 2.10. The fourth-order valence-corrected chi connectivity index (χ4v) is 7.67. The van der Waals surface area contributed by atoms with E-state index in [0.29, 0.717) is 32.5 Å². The Kier molecular flexibility index (Phi) is 7.83. The Morgan fingerprint density at radius 1 is 1.04 bits per heavy atom. The zero-order valence-corrected chi connectivity index (χ0v) is 27.1. The van der Waals surface area contributed by atoms with Crippen LogP contribution in [-0.2, 0) is 27.2 Å². The fraction of sp³-hybridized carbons (Fsp3) is 0.514. The number of anilines is 1. The number of hydrazine groups is 1. The van der Waals surface area contributed by atoms with E-state index < -0.39 is 29.2 Å². The maximum absolute atomic E-state index is 14.7. The molecule has 1 spiro atoms. The number of aromatic nitrogens is 1. The fourth-order valence-electron chi connectivity index (χ4n) is 7.67. The number of aromatic amines is 1. The number of nitrogens with one attached hydrogen (secondary N) is 1. The standard InChI is InChI=1S/C35H46N6O4/c1-33(2,3)45-32(44)40-19-10-16-34(40,4)31(43)41(36)29(20-25-22-37-27-14-8-7-13-26(25)27)30(42)39-18-11-17-35(23-39)21-24-12-6-9-15-28(24)38(35)5/h6-9,12-15,22,29,37H,10-11,16-21,23,36H2,1-5H3/t29-,34?,35?/m1/s1. The molecule has 3 N–H and O–H groups in total. The largest absolute Gasteiger partial charge is 0.444 e. The van der Waals surface area contributed by atoms with Crippen LogP contribution in [0.1, 0.15) is 64.5 Å². The van der Waals surface area contributed by atoms with Crippen molar-refractivity contribution in [2.45, 2.75) is 88.9 Å². The smallest absolute Gasteiger partial charge is 0.411 e. The number of rotatable bonds is 5. The number of carbonyl (C=O) groups excluding carboxylic acids is 3. The molecular weight excluding hydrogens is 568 g/mol. The number of amides is 3. The number of piperidine rings is 1. The van der Waals surface area contributed by atoms with Crippen molar-refractivity contribution in [1.29, 1.82) is 0 Å². The maximum atomic E-state index is 14.7. The Hall–Kier alpha value is -4.05. The normalized spacial score (nSPS) is 23.8. The van der Waals surface area contributed by atoms with Crippen LogP contribution in [-0.4, -0.2) is 87.1 Å². The number of nitrogens with two attached hydrogens (primary N) is 1. The second-order valence-corrected chi connectivity index (χ2v) is 14.3. The van der Waals surface area contributed by atoms with Gasteiger partial charge in [-0.1, -0.05) is 36.4 Å². The van der Waals surface area contributed by atoms with Crippen molar-refractivity contribution >= 4 is 34.5 Å². The van der Waals surface area contributed by atoms with Gasteiger partial charge in [0, 0.05) is 55.9 Å². The van der Waals surface area contributed by atoms with E-state index in [1.54, 1.807) is 27.7 Å². The Labute approximate surface area is 265 Å². The Morgan fingerprint density at radius 3 is 2.51 bits per heavy atom. The molecule has 0 radical (unpaired) electrons. The van der Waals surface area contributed by atoms with Crippen LogP contribution in [0.25, 0.3) is 10.9 Å². The third kappa shape index (κ3) is 5.54. The van der Waals surface area contributed by atoms with Gasteiger partial charge in [0.15, 0.2) is 0 Å². The summed E-state index contributed by atoms with van der Waals surface area (Å²) in [7, 11) is 2.12. The first-order chi connectivity index (χ1) is 21.3. The number of likely N-dealkylation sites (tertiary alicyclic amines) is 2. The molecule has 3 amide bonds. The highest BCUT2D eigenvalue weighted by molar-refractivity contribution is 5.95. The quantitative estimate of drug-likeness (QED) is 0.246. The molecule has 10 nitrogen and oxygen atoms in total. The molecule has 2 aromatic carbocycles. The van der Waals surface area contributed by atoms with Crippen molar-refractivity contribution in [3.8, 4) is 0 Å². The molecule has 2 saturated heterocycles. The van der Waals surface area contributed by atoms with E-state index in [2.05, 4.69) is 41.2 Å². The van der Waals surface area contributed by atoms with Gasteiger partial charge in [0.25, 0.3) is 5.91 Å². The van der Waals surface area contributed by atoms with Gasteiger partial charge in [0.2, 0.25) is 5.91 Å². The zero-order valence-electron chi connectivity index (χ0n) is 27.1. The maximum Gasteiger partial charge on any atom is 0.411 e. The molecule has 2 unspecified atom stereocenters. The number of carbonyl (C=O) groups is 3. The number of likely N-dealkylation sites (N-methyl/N-ethyl adjacent to an activating group) is 1. The minimum absolute atomic E-state index is 0.176. The van der Waals surface area contributed by atoms with Gasteiger partial charge in [0.05, 0.1) is 5.54 Å². The van der Waals surface area contributed by atoms with Gasteiger partial charge in [-0.15, -0.1) is 0 Å². The second-order valence-electron chi connectivity index (χ2n) is 14.3. The van der Waals surface area contributed by atoms with Gasteiger partial charge >= 0.3 is 6.09 Å². The molecule has 4 heterocycles. The van der Waals surface area contributed by atoms with Gasteiger partial charge in [-0.3, -0.25) is 19.5 Å². The molecule has 3 aromatic rings. The minimum Gasteiger partial charge on any atom is -0.444 e. The number of hydrogen-bond acceptors (Lipinski definition) is 6. The number of ether oxygens (including phenoxy) is 1. The van der Waals surface area contributed by atoms with E-state index in [1.165, 1.54) is 16.2 Å². The summed E-state index contributed by atoms with van der Waals surface area (Å²) >= 11 is 0. The molecule has 3 aliphatic heterocycles. The molecule has 1 aromatic heterocycles. The minimum atomic E-state index is -1.23. The Bertz CT molecular complexity index is 1610. The molecular formula is C35H46N6O4. The summed E-state index contributed by atoms with van der Waals surface area (Å²) in [6, 6.07) is 15.4. The van der Waals surface area contributed by atoms with Gasteiger partial charge in [-0.05, 0) is 83.1 Å². The number of fused-ring (bicyclic) bond motifs is 2. The van der Waals surface area contributed by atoms with Gasteiger partial charge in [-0.25, -0.2) is 10.6 Å². The molecule has 0 saturated carbocycles. The number of benzene rings is 2. The van der Waals surface area contributed by atoms with Crippen molar-refractivity contribution in [2.75, 3.05) is 31.6 Å². The lowest BCUT2D eigenvalue weighted by atomic mass is 9.85. The second kappa shape index (κ2) is 11.4. The lowest BCUT2D eigenvalue weighted by molar-refractivity contribution is -0.153. The zero-order chi connectivity index (χ0) is 32.1. The van der Waals surface area contributed by atoms with Crippen molar-refractivity contribution in [2.24, 2.45) is 5.84 Å². The number of hydrogen-bond donors (Lipinski definition) is 2. The molecule has 0 bridgehead atoms. The van der Waals surface area contributed by atoms with Crippen LogP contribution in [0.4, 0.5) is 10.5 Å². The highest BCUT2D eigenvalue weighted by Gasteiger charge is 2.52. The lowest BCUT2D eigenvalue weighted by Gasteiger charge is -2.47. The lowest BCUT2D eigenvalue weighted by Crippen LogP contribution is -2.66. The first-order valence-electron chi connectivity index (χ1n) is 16.1. The number of H-pyrrole nitrogens is 1. The van der Waals surface area contributed by atoms with Crippen molar-refractivity contribution in [1.82, 2.24) is 19.8 Å². The van der Waals surface area contributed by atoms with Crippen LogP contribution in [0.2, 0.25) is 0 Å². The van der Waals surface area contributed by atoms with E-state index in [1.807, 2.05) is 35.4 Å². The molecule has 3 atom stereocenters. The summed E-state index contributed by atoms with van der Waals surface area (Å²) in [6.07, 6.45) is 5.35. The number of para-hydroxylation sites is 2. The first kappa shape index (κ1) is 31.0. The average Bonchev–Trinajstić information content (AvgIpc) is 3.68. The molecule has 0 aliphatic carbocycles. The third-order valence-corrected chi connectivity index (χ3v) is 10.1. The highest BCUT2D eigenvalue weighted by atomic mass is 16.6. The molecule has 45 heavy (non-hydrogen) atoms. The molecule has 10 heteroatoms. The van der Waals surface area contributed by atoms with Gasteiger partial charge in [-0.2, -0.15) is 0 Å². The monoisotopic (exact) mass is 614 g/mol. The number of nitrogens with zero attached hydrogens (tertiary/aromatic N) is 4. The van der Waals surface area contributed by atoms with Gasteiger partial charge in [0.1, 0.15) is 17.2 Å². The van der Waals surface area contributed by atoms with Crippen LogP contribution in [0.3, 0.4) is 0 Å². The van der Waals surface area contributed by atoms with E-state index in [9.17, 15) is 14.4 Å². The van der Waals surface area contributed by atoms with Crippen molar-refractivity contribution in [3.05, 3.63) is 65.9 Å². The Morgan fingerprint density at radius 2 is 1.76 bits per heavy atom. The van der Waals surface area contributed by atoms with E-state index in [4.69, 9.17) is 10.6 Å². The summed E-state index contributed by atoms with van der Waals surface area (Å²) in [5.41, 5.74) is 2.20. The third-order valence-electron chi connectivity index (χ3n) is 10.1. The van der Waals surface area contributed by atoms with Crippen LogP contribution in [0, 0.1) is 0 Å². The van der Waals surface area contributed by atoms with Crippen LogP contribution in [0.15, 0.2) is 54.7 Å². The molecule has 3 aliphatic rings. The van der Waals surface area contributed by atoms with Crippen LogP contribution >= 0.6 is 0 Å². The van der Waals surface area contributed by atoms with E-state index >= 15 is 0 Å². The van der Waals surface area contributed by atoms with E-state index in [0.717, 1.165) is 40.7 Å². The Balaban J connectivity index is 1.31. The predicted octanol–water partition coefficient (Wildman–Crippen LogP) is 4.62. The SMILES string of the molecule is CN1c2ccccc2CC12CCCN(C(=O)[C@@H](Cc1c[nH]c3ccccc13)N(N)C(=O)C1(C)CCCN1C(=O)OC(C)(C)C)C2. The average molecular weight is 615 g/mol. The summed E-state index contributed by atoms with van der Waals surface area (Å²) in [4.78, 5) is 51.3. The van der Waals surface area contributed by atoms with Gasteiger partial charge < -0.3 is 19.5 Å². The van der Waals surface area contributed by atoms with Crippen molar-refractivity contribution < 1.29 is 19.1 Å². The molecule has 6 rings (SSSR count). The van der Waals surface area contributed by atoms with E-state index in [-0.39, 0.29) is 17.9 Å². The van der Waals surface area contributed by atoms with Crippen LogP contribution in [0.5, 0.6) is 0 Å². The first-order valence-corrected chi connectivity index (χ1v) is 16.1. The molecule has 240 valence electrons. The summed E-state index contributed by atoms with van der Waals surface area (Å²) < 4.78 is 5.67. The summed E-state index contributed by atoms with van der Waals surface area (Å²) in [5.74, 6) is 6.13. The summed E-state index contributed by atoms with van der Waals surface area (Å²) in [6.45, 7) is 8.67.